The Kier molecular flexibility index (Phi) is 5.50. The van der Waals surface area contributed by atoms with E-state index in [1.54, 1.807) is 0 Å². The molecule has 0 saturated carbocycles. The van der Waals surface area contributed by atoms with E-state index < -0.39 is 0 Å². The molecule has 0 aliphatic heterocycles. The molecule has 1 radical (unpaired) electrons. The summed E-state index contributed by atoms with van der Waals surface area (Å²) in [4.78, 5) is 0. The van der Waals surface area contributed by atoms with Crippen LogP contribution in [0.3, 0.4) is 0 Å². The molecular weight excluding hydrogens is 112 g/mol. The second-order valence-electron chi connectivity index (χ2n) is 2.66. The fraction of sp³-hybridized carbons (Fsp3) is 1.00. The van der Waals surface area contributed by atoms with Gasteiger partial charge in [0, 0.05) is 8.80 Å². The lowest BCUT2D eigenvalue weighted by molar-refractivity contribution is 0.766. The quantitative estimate of drug-likeness (QED) is 0.404. The molecule has 0 N–H and O–H groups in total. The minimum Gasteiger partial charge on any atom is -0.0713 e. The molecular formula is C7H17Si. The lowest BCUT2D eigenvalue weighted by Crippen LogP contribution is -1.97. The Hall–Kier alpha value is 0.217. The third kappa shape index (κ3) is 6.22. The van der Waals surface area contributed by atoms with Crippen molar-refractivity contribution in [3.05, 3.63) is 0 Å². The average Bonchev–Trinajstić information content (AvgIpc) is 1.66. The highest BCUT2D eigenvalue weighted by Crippen LogP contribution is 2.02. The first-order valence-electron chi connectivity index (χ1n) is 3.56. The van der Waals surface area contributed by atoms with Gasteiger partial charge in [-0.1, -0.05) is 45.3 Å². The van der Waals surface area contributed by atoms with Crippen molar-refractivity contribution in [3.63, 3.8) is 0 Å². The SMILES string of the molecule is CCCCC[Si](C)C. The Morgan fingerprint density at radius 2 is 1.75 bits per heavy atom. The van der Waals surface area contributed by atoms with Crippen molar-refractivity contribution in [2.75, 3.05) is 0 Å². The third-order valence-corrected chi connectivity index (χ3v) is 2.63. The van der Waals surface area contributed by atoms with Gasteiger partial charge in [-0.3, -0.25) is 0 Å². The van der Waals surface area contributed by atoms with Gasteiger partial charge in [0.25, 0.3) is 0 Å². The maximum absolute atomic E-state index is 2.39. The van der Waals surface area contributed by atoms with Crippen molar-refractivity contribution >= 4 is 8.80 Å². The van der Waals surface area contributed by atoms with Crippen LogP contribution in [0, 0.1) is 0 Å². The molecule has 0 aromatic carbocycles. The maximum atomic E-state index is 2.39. The highest BCUT2D eigenvalue weighted by Gasteiger charge is 1.92. The van der Waals surface area contributed by atoms with Crippen molar-refractivity contribution in [2.24, 2.45) is 0 Å². The molecule has 0 nitrogen and oxygen atoms in total. The molecule has 0 aromatic heterocycles. The van der Waals surface area contributed by atoms with Gasteiger partial charge in [-0.2, -0.15) is 0 Å². The first kappa shape index (κ1) is 8.22. The summed E-state index contributed by atoms with van der Waals surface area (Å²) in [6, 6.07) is 1.51. The van der Waals surface area contributed by atoms with E-state index >= 15 is 0 Å². The van der Waals surface area contributed by atoms with Crippen LogP contribution in [0.2, 0.25) is 19.1 Å². The van der Waals surface area contributed by atoms with Gasteiger partial charge in [0.1, 0.15) is 0 Å². The molecule has 0 bridgehead atoms. The Labute approximate surface area is 54.9 Å². The number of hydrogen-bond donors (Lipinski definition) is 0. The first-order chi connectivity index (χ1) is 3.77. The highest BCUT2D eigenvalue weighted by atomic mass is 28.3. The van der Waals surface area contributed by atoms with E-state index in [2.05, 4.69) is 20.0 Å². The summed E-state index contributed by atoms with van der Waals surface area (Å²) in [5.74, 6) is 0. The lowest BCUT2D eigenvalue weighted by atomic mass is 10.3. The fourth-order valence-electron chi connectivity index (χ4n) is 0.729. The maximum Gasteiger partial charge on any atom is 0.0412 e. The van der Waals surface area contributed by atoms with E-state index in [1.807, 2.05) is 0 Å². The number of rotatable bonds is 4. The van der Waals surface area contributed by atoms with Gasteiger partial charge in [0.2, 0.25) is 0 Å². The van der Waals surface area contributed by atoms with Crippen LogP contribution in [0.1, 0.15) is 26.2 Å². The van der Waals surface area contributed by atoms with Crippen LogP contribution < -0.4 is 0 Å². The van der Waals surface area contributed by atoms with Crippen molar-refractivity contribution in [2.45, 2.75) is 45.3 Å². The molecule has 0 atom stereocenters. The molecule has 0 aromatic rings. The molecule has 0 saturated heterocycles. The van der Waals surface area contributed by atoms with Crippen LogP contribution in [0.5, 0.6) is 0 Å². The van der Waals surface area contributed by atoms with Gasteiger partial charge >= 0.3 is 0 Å². The van der Waals surface area contributed by atoms with Crippen LogP contribution in [-0.2, 0) is 0 Å². The van der Waals surface area contributed by atoms with Crippen LogP contribution >= 0.6 is 0 Å². The number of hydrogen-bond acceptors (Lipinski definition) is 0. The largest absolute Gasteiger partial charge is 0.0713 e. The van der Waals surface area contributed by atoms with Gasteiger partial charge in [0.05, 0.1) is 0 Å². The Balaban J connectivity index is 2.72. The standard InChI is InChI=1S/C7H17Si/c1-4-5-6-7-8(2)3/h4-7H2,1-3H3. The summed E-state index contributed by atoms with van der Waals surface area (Å²) in [6.45, 7) is 7.04. The fourth-order valence-corrected chi connectivity index (χ4v) is 1.69. The van der Waals surface area contributed by atoms with E-state index in [0.29, 0.717) is 0 Å². The van der Waals surface area contributed by atoms with Gasteiger partial charge in [-0.05, 0) is 0 Å². The van der Waals surface area contributed by atoms with Gasteiger partial charge < -0.3 is 0 Å². The van der Waals surface area contributed by atoms with E-state index in [0.717, 1.165) is 0 Å². The third-order valence-electron chi connectivity index (χ3n) is 1.28. The zero-order valence-electron chi connectivity index (χ0n) is 6.33. The summed E-state index contributed by atoms with van der Waals surface area (Å²) in [6.07, 6.45) is 4.28. The van der Waals surface area contributed by atoms with Gasteiger partial charge in [-0.25, -0.2) is 0 Å². The zero-order chi connectivity index (χ0) is 6.41. The van der Waals surface area contributed by atoms with E-state index in [1.165, 1.54) is 25.3 Å². The van der Waals surface area contributed by atoms with E-state index in [-0.39, 0.29) is 8.80 Å². The van der Waals surface area contributed by atoms with E-state index in [4.69, 9.17) is 0 Å². The van der Waals surface area contributed by atoms with Crippen molar-refractivity contribution in [1.82, 2.24) is 0 Å². The summed E-state index contributed by atoms with van der Waals surface area (Å²) in [5.41, 5.74) is 0. The van der Waals surface area contributed by atoms with Gasteiger partial charge in [0.15, 0.2) is 0 Å². The van der Waals surface area contributed by atoms with Crippen molar-refractivity contribution in [3.8, 4) is 0 Å². The zero-order valence-corrected chi connectivity index (χ0v) is 7.33. The topological polar surface area (TPSA) is 0 Å². The molecule has 0 aliphatic rings. The van der Waals surface area contributed by atoms with Crippen LogP contribution in [-0.4, -0.2) is 8.80 Å². The summed E-state index contributed by atoms with van der Waals surface area (Å²) >= 11 is 0. The predicted molar refractivity (Wildman–Crippen MR) is 41.8 cm³/mol. The molecule has 49 valence electrons. The summed E-state index contributed by atoms with van der Waals surface area (Å²) in [7, 11) is 0.0929. The normalized spacial score (nSPS) is 10.5. The first-order valence-corrected chi connectivity index (χ1v) is 6.27. The molecule has 0 fully saturated rings. The monoisotopic (exact) mass is 129 g/mol. The van der Waals surface area contributed by atoms with Crippen LogP contribution in [0.4, 0.5) is 0 Å². The second-order valence-corrected chi connectivity index (χ2v) is 5.58. The Morgan fingerprint density at radius 3 is 2.12 bits per heavy atom. The average molecular weight is 129 g/mol. The highest BCUT2D eigenvalue weighted by molar-refractivity contribution is 6.55. The van der Waals surface area contributed by atoms with Crippen molar-refractivity contribution < 1.29 is 0 Å². The van der Waals surface area contributed by atoms with E-state index in [9.17, 15) is 0 Å². The summed E-state index contributed by atoms with van der Waals surface area (Å²) in [5, 5.41) is 0. The lowest BCUT2D eigenvalue weighted by Gasteiger charge is -1.98. The molecule has 0 heterocycles. The molecule has 0 rings (SSSR count). The van der Waals surface area contributed by atoms with Crippen LogP contribution in [0.25, 0.3) is 0 Å². The molecule has 0 spiro atoms. The molecule has 0 aliphatic carbocycles. The van der Waals surface area contributed by atoms with Crippen LogP contribution in [0.15, 0.2) is 0 Å². The number of unbranched alkanes of at least 4 members (excludes halogenated alkanes) is 2. The van der Waals surface area contributed by atoms with Gasteiger partial charge in [-0.15, -0.1) is 0 Å². The predicted octanol–water partition coefficient (Wildman–Crippen LogP) is 2.93. The molecule has 0 unspecified atom stereocenters. The molecule has 8 heavy (non-hydrogen) atoms. The minimum absolute atomic E-state index is 0.0929. The molecule has 1 heteroatoms. The second kappa shape index (κ2) is 5.36. The van der Waals surface area contributed by atoms with Crippen molar-refractivity contribution in [1.29, 1.82) is 0 Å². The summed E-state index contributed by atoms with van der Waals surface area (Å²) < 4.78 is 0. The Bertz CT molecular complexity index is 41.7. The minimum atomic E-state index is 0.0929. The Morgan fingerprint density at radius 1 is 1.12 bits per heavy atom. The molecule has 0 amide bonds. The smallest absolute Gasteiger partial charge is 0.0412 e.